The Morgan fingerprint density at radius 1 is 0.479 bits per heavy atom. The molecule has 4 aromatic carbocycles. The number of carbonyl (C=O) groups is 2. The van der Waals surface area contributed by atoms with Crippen LogP contribution in [0.3, 0.4) is 0 Å². The highest BCUT2D eigenvalue weighted by Gasteiger charge is 2.30. The average Bonchev–Trinajstić information content (AvgIpc) is 4.30. The summed E-state index contributed by atoms with van der Waals surface area (Å²) in [5.41, 5.74) is 2.79. The van der Waals surface area contributed by atoms with Crippen LogP contribution in [0.15, 0.2) is 131 Å². The Balaban J connectivity index is 0.000000276. The molecule has 4 fully saturated rings. The fourth-order valence-electron chi connectivity index (χ4n) is 8.33. The van der Waals surface area contributed by atoms with Gasteiger partial charge in [0, 0.05) is 111 Å². The predicted octanol–water partition coefficient (Wildman–Crippen LogP) is 2.46. The number of carbonyl (C=O) groups excluding carboxylic acids is 2. The number of hydrogen-bond acceptors (Lipinski definition) is 12. The highest BCUT2D eigenvalue weighted by molar-refractivity contribution is 7.93. The quantitative estimate of drug-likeness (QED) is 0.128. The van der Waals surface area contributed by atoms with Gasteiger partial charge in [-0.1, -0.05) is 36.4 Å². The molecule has 0 radical (unpaired) electrons. The van der Waals surface area contributed by atoms with E-state index in [-0.39, 0.29) is 43.5 Å². The highest BCUT2D eigenvalue weighted by Crippen LogP contribution is 2.31. The second-order valence-corrected chi connectivity index (χ2v) is 21.7. The van der Waals surface area contributed by atoms with Crippen molar-refractivity contribution in [2.45, 2.75) is 35.5 Å². The zero-order valence-electron chi connectivity index (χ0n) is 39.7. The van der Waals surface area contributed by atoms with Gasteiger partial charge in [-0.3, -0.25) is 47.9 Å². The zero-order valence-corrected chi connectivity index (χ0v) is 42.1. The van der Waals surface area contributed by atoms with Crippen LogP contribution in [0.2, 0.25) is 0 Å². The van der Waals surface area contributed by atoms with Gasteiger partial charge in [-0.15, -0.1) is 0 Å². The van der Waals surface area contributed by atoms with Gasteiger partial charge >= 0.3 is 10.4 Å². The Kier molecular flexibility index (Phi) is 20.8. The van der Waals surface area contributed by atoms with Crippen molar-refractivity contribution >= 4 is 75.4 Å². The molecule has 2 saturated carbocycles. The molecule has 73 heavy (non-hydrogen) atoms. The van der Waals surface area contributed by atoms with E-state index in [9.17, 15) is 26.4 Å². The number of rotatable bonds is 12. The maximum atomic E-state index is 13.0. The Morgan fingerprint density at radius 2 is 0.795 bits per heavy atom. The van der Waals surface area contributed by atoms with Crippen molar-refractivity contribution < 1.29 is 65.9 Å². The topological polar surface area (TPSA) is 366 Å². The molecule has 12 N–H and O–H groups in total. The van der Waals surface area contributed by atoms with Gasteiger partial charge in [0.1, 0.15) is 9.79 Å². The lowest BCUT2D eigenvalue weighted by Gasteiger charge is -2.34. The van der Waals surface area contributed by atoms with Crippen LogP contribution in [0.5, 0.6) is 0 Å². The molecule has 0 atom stereocenters. The number of pyridine rings is 2. The van der Waals surface area contributed by atoms with Gasteiger partial charge in [0.2, 0.25) is 0 Å². The summed E-state index contributed by atoms with van der Waals surface area (Å²) in [7, 11) is -12.3. The molecule has 4 heterocycles. The van der Waals surface area contributed by atoms with E-state index in [1.807, 2.05) is 34.1 Å². The van der Waals surface area contributed by atoms with Crippen LogP contribution in [0, 0.1) is 11.8 Å². The summed E-state index contributed by atoms with van der Waals surface area (Å²) in [6.45, 7) is 8.90. The van der Waals surface area contributed by atoms with Crippen LogP contribution >= 0.6 is 0 Å². The Labute approximate surface area is 424 Å². The Bertz CT molecular complexity index is 2920. The molecule has 0 unspecified atom stereocenters. The predicted molar refractivity (Wildman–Crippen MR) is 277 cm³/mol. The second kappa shape index (κ2) is 25.6. The van der Waals surface area contributed by atoms with E-state index >= 15 is 0 Å². The highest BCUT2D eigenvalue weighted by atomic mass is 32.3. The Hall–Kier alpha value is -6.23. The number of para-hydroxylation sites is 2. The smallest absolute Gasteiger partial charge is 0.394 e. The number of amides is 2. The minimum Gasteiger partial charge on any atom is -0.412 e. The summed E-state index contributed by atoms with van der Waals surface area (Å²) in [5, 5.41) is 1.52. The van der Waals surface area contributed by atoms with Crippen LogP contribution < -0.4 is 9.44 Å². The third-order valence-corrected chi connectivity index (χ3v) is 15.1. The number of sulfonamides is 2. The van der Waals surface area contributed by atoms with E-state index in [1.54, 1.807) is 97.3 Å². The van der Waals surface area contributed by atoms with E-state index < -0.39 is 30.4 Å². The van der Waals surface area contributed by atoms with E-state index in [1.165, 1.54) is 25.7 Å². The van der Waals surface area contributed by atoms with Gasteiger partial charge in [0.25, 0.3) is 31.9 Å². The first kappa shape index (κ1) is 59.3. The third-order valence-electron chi connectivity index (χ3n) is 12.3. The van der Waals surface area contributed by atoms with Crippen molar-refractivity contribution in [3.63, 3.8) is 0 Å². The summed E-state index contributed by atoms with van der Waals surface area (Å²) < 4.78 is 88.6. The fraction of sp³-hybridized carbons (Fsp3) is 0.333. The van der Waals surface area contributed by atoms with E-state index in [4.69, 9.17) is 17.5 Å². The number of nitrogens with one attached hydrogen (secondary N) is 2. The molecule has 25 heteroatoms. The monoisotopic (exact) mass is 1070 g/mol. The average molecular weight is 1070 g/mol. The maximum absolute atomic E-state index is 13.0. The molecule has 2 saturated heterocycles. The largest absolute Gasteiger partial charge is 0.412 e. The second-order valence-electron chi connectivity index (χ2n) is 17.5. The molecule has 0 spiro atoms. The van der Waals surface area contributed by atoms with Crippen LogP contribution in [0.4, 0.5) is 11.4 Å². The van der Waals surface area contributed by atoms with Crippen molar-refractivity contribution in [1.82, 2.24) is 29.6 Å². The number of fused-ring (bicyclic) bond motifs is 2. The fourth-order valence-corrected chi connectivity index (χ4v) is 10.8. The number of benzene rings is 4. The van der Waals surface area contributed by atoms with E-state index in [0.29, 0.717) is 33.5 Å². The molecule has 22 nitrogen and oxygen atoms in total. The third kappa shape index (κ3) is 16.4. The minimum atomic E-state index is -4.67. The number of aromatic nitrogens is 2. The lowest BCUT2D eigenvalue weighted by molar-refractivity contribution is 0.0625. The number of piperazine rings is 2. The molecule has 2 amide bonds. The zero-order chi connectivity index (χ0) is 48.8. The first-order chi connectivity index (χ1) is 33.0. The molecule has 2 aliphatic carbocycles. The van der Waals surface area contributed by atoms with Gasteiger partial charge in [-0.25, -0.2) is 16.8 Å². The maximum Gasteiger partial charge on any atom is 0.394 e. The minimum absolute atomic E-state index is 0. The van der Waals surface area contributed by atoms with Crippen LogP contribution in [0.25, 0.3) is 21.8 Å². The molecule has 10 rings (SSSR count). The van der Waals surface area contributed by atoms with Gasteiger partial charge in [0.05, 0.1) is 11.0 Å². The number of anilines is 2. The summed E-state index contributed by atoms with van der Waals surface area (Å²) in [4.78, 5) is 43.1. The van der Waals surface area contributed by atoms with Crippen LogP contribution in [0.1, 0.15) is 46.4 Å². The molecule has 4 aliphatic rings. The van der Waals surface area contributed by atoms with Crippen molar-refractivity contribution in [2.24, 2.45) is 11.8 Å². The number of nitrogens with zero attached hydrogens (tertiary/aromatic N) is 6. The standard InChI is InChI=1S/2C24H26N4O3S.H2O4S.4H2O/c2*29-24(28-15-13-27(14-16-28)17-18-6-7-18)20-8-10-21(11-9-20)26-32(30,31)22-5-1-3-19-4-2-12-25-23(19)22;1-5(2,3)4;;;;/h2*1-5,8-12,18,26H,6-7,13-17H2;(H2,1,2,3,4);4*1H2. The van der Waals surface area contributed by atoms with Gasteiger partial charge in [-0.2, -0.15) is 8.42 Å². The molecule has 2 aliphatic heterocycles. The summed E-state index contributed by atoms with van der Waals surface area (Å²) in [6.07, 6.45) is 8.51. The summed E-state index contributed by atoms with van der Waals surface area (Å²) in [5.74, 6) is 1.70. The van der Waals surface area contributed by atoms with Crippen molar-refractivity contribution in [1.29, 1.82) is 0 Å². The van der Waals surface area contributed by atoms with E-state index in [2.05, 4.69) is 29.2 Å². The van der Waals surface area contributed by atoms with Crippen molar-refractivity contribution in [3.8, 4) is 0 Å². The Morgan fingerprint density at radius 3 is 1.11 bits per heavy atom. The first-order valence-electron chi connectivity index (χ1n) is 22.7. The SMILES string of the molecule is O.O.O.O.O=C(c1ccc(NS(=O)(=O)c2cccc3cccnc23)cc1)N1CCN(CC2CC2)CC1.O=C(c1ccc(NS(=O)(=O)c2cccc3cccnc23)cc1)N1CCN(CC2CC2)CC1.O=S(=O)(O)O. The summed E-state index contributed by atoms with van der Waals surface area (Å²) in [6, 6.07) is 30.6. The molecule has 6 aromatic rings. The van der Waals surface area contributed by atoms with E-state index in [0.717, 1.165) is 88.1 Å². The van der Waals surface area contributed by atoms with Gasteiger partial charge < -0.3 is 31.7 Å². The number of hydrogen-bond donors (Lipinski definition) is 4. The first-order valence-corrected chi connectivity index (χ1v) is 27.0. The molecular weight excluding hydrogens is 1010 g/mol. The van der Waals surface area contributed by atoms with Gasteiger partial charge in [0.15, 0.2) is 0 Å². The molecule has 396 valence electrons. The lowest BCUT2D eigenvalue weighted by Crippen LogP contribution is -2.49. The summed E-state index contributed by atoms with van der Waals surface area (Å²) >= 11 is 0. The van der Waals surface area contributed by atoms with Crippen molar-refractivity contribution in [2.75, 3.05) is 74.9 Å². The van der Waals surface area contributed by atoms with Crippen LogP contribution in [-0.2, 0) is 30.4 Å². The normalized spacial score (nSPS) is 16.1. The van der Waals surface area contributed by atoms with Crippen LogP contribution in [-0.4, -0.2) is 163 Å². The van der Waals surface area contributed by atoms with Crippen molar-refractivity contribution in [3.05, 3.63) is 133 Å². The molecule has 0 bridgehead atoms. The molecular formula is C48H62N8O14S3. The molecule has 2 aromatic heterocycles. The van der Waals surface area contributed by atoms with Gasteiger partial charge in [-0.05, 0) is 110 Å². The lowest BCUT2D eigenvalue weighted by atomic mass is 10.1.